The van der Waals surface area contributed by atoms with Crippen molar-refractivity contribution in [3.63, 3.8) is 0 Å². The number of carbonyl (C=O) groups is 3. The Balaban J connectivity index is 1.86. The summed E-state index contributed by atoms with van der Waals surface area (Å²) in [6.07, 6.45) is 3.48. The quantitative estimate of drug-likeness (QED) is 0.388. The van der Waals surface area contributed by atoms with Crippen LogP contribution in [0.4, 0.5) is 9.59 Å². The largest absolute Gasteiger partial charge is 0.463 e. The van der Waals surface area contributed by atoms with E-state index in [9.17, 15) is 14.4 Å². The fourth-order valence-electron chi connectivity index (χ4n) is 4.00. The van der Waals surface area contributed by atoms with Gasteiger partial charge in [0, 0.05) is 36.6 Å². The van der Waals surface area contributed by atoms with Gasteiger partial charge in [-0.05, 0) is 45.7 Å². The number of rotatable bonds is 9. The molecule has 0 fully saturated rings. The molecule has 2 N–H and O–H groups in total. The number of hydrogen-bond donors (Lipinski definition) is 2. The van der Waals surface area contributed by atoms with Crippen molar-refractivity contribution in [2.75, 3.05) is 26.5 Å². The normalized spacial score (nSPS) is 16.6. The minimum atomic E-state index is -0.980. The average Bonchev–Trinajstić information content (AvgIpc) is 2.87. The van der Waals surface area contributed by atoms with E-state index in [0.29, 0.717) is 29.4 Å². The van der Waals surface area contributed by atoms with Crippen molar-refractivity contribution in [3.05, 3.63) is 71.1 Å². The Morgan fingerprint density at radius 1 is 1.25 bits per heavy atom. The highest BCUT2D eigenvalue weighted by molar-refractivity contribution is 7.98. The third kappa shape index (κ3) is 6.24. The standard InChI is InChI=1S/C26H33N5O4S/c1-6-35-24(32)21-18(3)29-26(34)31(22(21)20-13-10-14-27-23(20)36-5)25(33)28-15-17(2)30(4)16-19-11-8-7-9-12-19/h7-14,17,22H,6,15-16H2,1-5H3,(H,28,33)(H,29,34). The van der Waals surface area contributed by atoms with Crippen LogP contribution >= 0.6 is 11.8 Å². The van der Waals surface area contributed by atoms with Gasteiger partial charge in [-0.3, -0.25) is 4.90 Å². The lowest BCUT2D eigenvalue weighted by atomic mass is 9.95. The Hall–Kier alpha value is -3.37. The van der Waals surface area contributed by atoms with Gasteiger partial charge in [0.15, 0.2) is 0 Å². The summed E-state index contributed by atoms with van der Waals surface area (Å²) in [5.41, 5.74) is 2.28. The number of pyridine rings is 1. The van der Waals surface area contributed by atoms with Crippen LogP contribution in [0.25, 0.3) is 0 Å². The van der Waals surface area contributed by atoms with E-state index in [1.165, 1.54) is 11.8 Å². The summed E-state index contributed by atoms with van der Waals surface area (Å²) in [6, 6.07) is 11.3. The van der Waals surface area contributed by atoms with Crippen LogP contribution in [-0.2, 0) is 16.1 Å². The summed E-state index contributed by atoms with van der Waals surface area (Å²) in [5, 5.41) is 6.13. The molecule has 10 heteroatoms. The van der Waals surface area contributed by atoms with Gasteiger partial charge in [-0.25, -0.2) is 24.3 Å². The van der Waals surface area contributed by atoms with Crippen LogP contribution in [0.2, 0.25) is 0 Å². The Labute approximate surface area is 216 Å². The molecule has 1 aromatic heterocycles. The zero-order valence-corrected chi connectivity index (χ0v) is 22.1. The molecule has 0 spiro atoms. The first kappa shape index (κ1) is 27.2. The number of likely N-dealkylation sites (N-methyl/N-ethyl adjacent to an activating group) is 1. The Kier molecular flexibility index (Phi) is 9.49. The van der Waals surface area contributed by atoms with Gasteiger partial charge in [0.05, 0.1) is 12.2 Å². The number of carbonyl (C=O) groups excluding carboxylic acids is 3. The fourth-order valence-corrected chi connectivity index (χ4v) is 4.58. The molecule has 2 heterocycles. The summed E-state index contributed by atoms with van der Waals surface area (Å²) in [4.78, 5) is 47.1. The second kappa shape index (κ2) is 12.5. The molecule has 36 heavy (non-hydrogen) atoms. The molecule has 192 valence electrons. The van der Waals surface area contributed by atoms with Crippen LogP contribution in [0.3, 0.4) is 0 Å². The number of esters is 1. The minimum absolute atomic E-state index is 0.0117. The van der Waals surface area contributed by atoms with Gasteiger partial charge in [0.1, 0.15) is 11.1 Å². The van der Waals surface area contributed by atoms with Gasteiger partial charge in [-0.15, -0.1) is 11.8 Å². The third-order valence-electron chi connectivity index (χ3n) is 6.03. The van der Waals surface area contributed by atoms with Crippen LogP contribution in [0.5, 0.6) is 0 Å². The number of nitrogens with zero attached hydrogens (tertiary/aromatic N) is 3. The lowest BCUT2D eigenvalue weighted by molar-refractivity contribution is -0.139. The molecule has 3 rings (SSSR count). The molecule has 1 aliphatic heterocycles. The second-order valence-electron chi connectivity index (χ2n) is 8.50. The van der Waals surface area contributed by atoms with Gasteiger partial charge in [0.25, 0.3) is 0 Å². The molecule has 0 bridgehead atoms. The van der Waals surface area contributed by atoms with Crippen molar-refractivity contribution in [3.8, 4) is 0 Å². The van der Waals surface area contributed by atoms with Gasteiger partial charge >= 0.3 is 18.0 Å². The van der Waals surface area contributed by atoms with E-state index in [1.807, 2.05) is 50.6 Å². The number of aromatic nitrogens is 1. The molecule has 0 radical (unpaired) electrons. The van der Waals surface area contributed by atoms with E-state index in [2.05, 4.69) is 20.5 Å². The van der Waals surface area contributed by atoms with Crippen LogP contribution in [-0.4, -0.2) is 65.3 Å². The van der Waals surface area contributed by atoms with Gasteiger partial charge < -0.3 is 15.4 Å². The van der Waals surface area contributed by atoms with Crippen molar-refractivity contribution in [1.82, 2.24) is 25.4 Å². The topological polar surface area (TPSA) is 104 Å². The highest BCUT2D eigenvalue weighted by Crippen LogP contribution is 2.37. The molecule has 2 aromatic rings. The lowest BCUT2D eigenvalue weighted by Crippen LogP contribution is -2.55. The maximum Gasteiger partial charge on any atom is 0.338 e. The first-order chi connectivity index (χ1) is 17.3. The highest BCUT2D eigenvalue weighted by atomic mass is 32.2. The summed E-state index contributed by atoms with van der Waals surface area (Å²) >= 11 is 1.37. The Morgan fingerprint density at radius 3 is 2.64 bits per heavy atom. The fraction of sp³-hybridized carbons (Fsp3) is 0.385. The Morgan fingerprint density at radius 2 is 1.97 bits per heavy atom. The maximum atomic E-state index is 13.4. The smallest absolute Gasteiger partial charge is 0.338 e. The first-order valence-electron chi connectivity index (χ1n) is 11.8. The summed E-state index contributed by atoms with van der Waals surface area (Å²) in [7, 11) is 1.98. The summed E-state index contributed by atoms with van der Waals surface area (Å²) in [6.45, 7) is 6.51. The van der Waals surface area contributed by atoms with E-state index in [-0.39, 0.29) is 18.2 Å². The SMILES string of the molecule is CCOC(=O)C1=C(C)NC(=O)N(C(=O)NCC(C)N(C)Cc2ccccc2)C1c1cccnc1SC. The number of benzene rings is 1. The van der Waals surface area contributed by atoms with Gasteiger partial charge in [0.2, 0.25) is 0 Å². The van der Waals surface area contributed by atoms with E-state index in [4.69, 9.17) is 4.74 Å². The van der Waals surface area contributed by atoms with Crippen LogP contribution < -0.4 is 10.6 Å². The molecule has 1 aromatic carbocycles. The number of allylic oxidation sites excluding steroid dienone is 1. The van der Waals surface area contributed by atoms with E-state index in [0.717, 1.165) is 10.5 Å². The van der Waals surface area contributed by atoms with Crippen molar-refractivity contribution < 1.29 is 19.1 Å². The molecule has 2 unspecified atom stereocenters. The highest BCUT2D eigenvalue weighted by Gasteiger charge is 2.43. The predicted octanol–water partition coefficient (Wildman–Crippen LogP) is 3.94. The number of ether oxygens (including phenoxy) is 1. The zero-order valence-electron chi connectivity index (χ0n) is 21.3. The number of hydrogen-bond acceptors (Lipinski definition) is 7. The monoisotopic (exact) mass is 511 g/mol. The molecule has 0 saturated heterocycles. The summed E-state index contributed by atoms with van der Waals surface area (Å²) in [5.74, 6) is -0.593. The number of imide groups is 1. The molecule has 1 aliphatic rings. The first-order valence-corrected chi connectivity index (χ1v) is 13.0. The van der Waals surface area contributed by atoms with E-state index in [1.54, 1.807) is 32.2 Å². The third-order valence-corrected chi connectivity index (χ3v) is 6.76. The number of urea groups is 2. The second-order valence-corrected chi connectivity index (χ2v) is 9.29. The molecular weight excluding hydrogens is 478 g/mol. The van der Waals surface area contributed by atoms with Crippen molar-refractivity contribution in [2.45, 2.75) is 44.4 Å². The van der Waals surface area contributed by atoms with Gasteiger partial charge in [-0.1, -0.05) is 36.4 Å². The van der Waals surface area contributed by atoms with Crippen LogP contribution in [0.1, 0.15) is 37.9 Å². The number of nitrogens with one attached hydrogen (secondary N) is 2. The predicted molar refractivity (Wildman–Crippen MR) is 139 cm³/mol. The Bertz CT molecular complexity index is 1120. The molecular formula is C26H33N5O4S. The van der Waals surface area contributed by atoms with Crippen LogP contribution in [0, 0.1) is 0 Å². The van der Waals surface area contributed by atoms with E-state index >= 15 is 0 Å². The van der Waals surface area contributed by atoms with Crippen molar-refractivity contribution in [2.24, 2.45) is 0 Å². The molecule has 2 atom stereocenters. The molecule has 9 nitrogen and oxygen atoms in total. The maximum absolute atomic E-state index is 13.4. The minimum Gasteiger partial charge on any atom is -0.463 e. The molecule has 0 saturated carbocycles. The zero-order chi connectivity index (χ0) is 26.2. The number of amides is 4. The van der Waals surface area contributed by atoms with E-state index < -0.39 is 24.1 Å². The van der Waals surface area contributed by atoms with Crippen LogP contribution in [0.15, 0.2) is 65.0 Å². The number of thioether (sulfide) groups is 1. The van der Waals surface area contributed by atoms with Gasteiger partial charge in [-0.2, -0.15) is 0 Å². The summed E-state index contributed by atoms with van der Waals surface area (Å²) < 4.78 is 5.29. The van der Waals surface area contributed by atoms with Crippen molar-refractivity contribution >= 4 is 29.8 Å². The van der Waals surface area contributed by atoms with Crippen molar-refractivity contribution in [1.29, 1.82) is 0 Å². The molecule has 0 aliphatic carbocycles. The molecule has 4 amide bonds. The average molecular weight is 512 g/mol. The lowest BCUT2D eigenvalue weighted by Gasteiger charge is -2.37.